The van der Waals surface area contributed by atoms with Crippen LogP contribution in [0.2, 0.25) is 0 Å². The topological polar surface area (TPSA) is 66.1 Å². The monoisotopic (exact) mass is 284 g/mol. The largest absolute Gasteiger partial charge is 0.379 e. The van der Waals surface area contributed by atoms with Gasteiger partial charge in [0.25, 0.3) is 0 Å². The fourth-order valence-corrected chi connectivity index (χ4v) is 1.80. The summed E-state index contributed by atoms with van der Waals surface area (Å²) in [7, 11) is 0. The Labute approximate surface area is 124 Å². The third-order valence-corrected chi connectivity index (χ3v) is 2.76. The van der Waals surface area contributed by atoms with E-state index in [1.807, 2.05) is 56.3 Å². The van der Waals surface area contributed by atoms with Gasteiger partial charge in [-0.15, -0.1) is 0 Å². The molecule has 0 spiro atoms. The molecule has 2 amide bonds. The van der Waals surface area contributed by atoms with Crippen LogP contribution in [-0.4, -0.2) is 17.1 Å². The SMILES string of the molecule is CC(C)NC(=O)Nc1ccc(NCc2ccccn2)cc1. The maximum Gasteiger partial charge on any atom is 0.319 e. The number of hydrogen-bond acceptors (Lipinski definition) is 3. The van der Waals surface area contributed by atoms with Crippen molar-refractivity contribution in [2.75, 3.05) is 10.6 Å². The van der Waals surface area contributed by atoms with Crippen molar-refractivity contribution in [2.45, 2.75) is 26.4 Å². The van der Waals surface area contributed by atoms with Crippen molar-refractivity contribution in [3.8, 4) is 0 Å². The fourth-order valence-electron chi connectivity index (χ4n) is 1.80. The van der Waals surface area contributed by atoms with E-state index < -0.39 is 0 Å². The molecule has 2 aromatic rings. The zero-order valence-corrected chi connectivity index (χ0v) is 12.3. The van der Waals surface area contributed by atoms with Gasteiger partial charge in [-0.1, -0.05) is 6.07 Å². The normalized spacial score (nSPS) is 10.2. The molecule has 1 aromatic heterocycles. The van der Waals surface area contributed by atoms with Crippen LogP contribution < -0.4 is 16.0 Å². The number of nitrogens with zero attached hydrogens (tertiary/aromatic N) is 1. The molecule has 0 aliphatic heterocycles. The molecule has 0 unspecified atom stereocenters. The lowest BCUT2D eigenvalue weighted by atomic mass is 10.2. The second-order valence-electron chi connectivity index (χ2n) is 5.01. The van der Waals surface area contributed by atoms with Crippen LogP contribution in [0.1, 0.15) is 19.5 Å². The fraction of sp³-hybridized carbons (Fsp3) is 0.250. The van der Waals surface area contributed by atoms with E-state index in [0.29, 0.717) is 6.54 Å². The molecule has 1 heterocycles. The molecule has 1 aromatic carbocycles. The van der Waals surface area contributed by atoms with Gasteiger partial charge in [0, 0.05) is 23.6 Å². The summed E-state index contributed by atoms with van der Waals surface area (Å²) in [6.07, 6.45) is 1.78. The molecule has 0 aliphatic rings. The maximum atomic E-state index is 11.6. The minimum atomic E-state index is -0.195. The summed E-state index contributed by atoms with van der Waals surface area (Å²) in [5.74, 6) is 0. The third-order valence-electron chi connectivity index (χ3n) is 2.76. The van der Waals surface area contributed by atoms with Gasteiger partial charge >= 0.3 is 6.03 Å². The van der Waals surface area contributed by atoms with Gasteiger partial charge in [-0.2, -0.15) is 0 Å². The van der Waals surface area contributed by atoms with E-state index >= 15 is 0 Å². The number of nitrogens with one attached hydrogen (secondary N) is 3. The Hall–Kier alpha value is -2.56. The minimum Gasteiger partial charge on any atom is -0.379 e. The minimum absolute atomic E-state index is 0.115. The van der Waals surface area contributed by atoms with Crippen LogP contribution in [0, 0.1) is 0 Å². The van der Waals surface area contributed by atoms with Crippen molar-refractivity contribution in [2.24, 2.45) is 0 Å². The number of carbonyl (C=O) groups excluding carboxylic acids is 1. The smallest absolute Gasteiger partial charge is 0.319 e. The van der Waals surface area contributed by atoms with Gasteiger partial charge in [0.05, 0.1) is 12.2 Å². The van der Waals surface area contributed by atoms with Gasteiger partial charge in [0.2, 0.25) is 0 Å². The van der Waals surface area contributed by atoms with Crippen molar-refractivity contribution >= 4 is 17.4 Å². The Bertz CT molecular complexity index is 567. The van der Waals surface area contributed by atoms with E-state index in [1.54, 1.807) is 6.20 Å². The van der Waals surface area contributed by atoms with E-state index in [1.165, 1.54) is 0 Å². The first kappa shape index (κ1) is 14.8. The lowest BCUT2D eigenvalue weighted by molar-refractivity contribution is 0.250. The first-order valence-electron chi connectivity index (χ1n) is 6.95. The lowest BCUT2D eigenvalue weighted by Crippen LogP contribution is -2.34. The van der Waals surface area contributed by atoms with Gasteiger partial charge in [0.1, 0.15) is 0 Å². The van der Waals surface area contributed by atoms with E-state index in [-0.39, 0.29) is 12.1 Å². The molecule has 0 atom stereocenters. The summed E-state index contributed by atoms with van der Waals surface area (Å²) >= 11 is 0. The first-order valence-corrected chi connectivity index (χ1v) is 6.95. The van der Waals surface area contributed by atoms with Crippen LogP contribution in [-0.2, 0) is 6.54 Å². The van der Waals surface area contributed by atoms with Gasteiger partial charge in [-0.3, -0.25) is 4.98 Å². The zero-order chi connectivity index (χ0) is 15.1. The third kappa shape index (κ3) is 5.14. The number of aromatic nitrogens is 1. The summed E-state index contributed by atoms with van der Waals surface area (Å²) in [4.78, 5) is 15.8. The summed E-state index contributed by atoms with van der Waals surface area (Å²) in [6.45, 7) is 4.51. The maximum absolute atomic E-state index is 11.6. The van der Waals surface area contributed by atoms with Crippen LogP contribution in [0.3, 0.4) is 0 Å². The number of benzene rings is 1. The Morgan fingerprint density at radius 1 is 1.10 bits per heavy atom. The highest BCUT2D eigenvalue weighted by Gasteiger charge is 2.03. The number of pyridine rings is 1. The number of anilines is 2. The Balaban J connectivity index is 1.86. The molecule has 110 valence electrons. The quantitative estimate of drug-likeness (QED) is 0.789. The van der Waals surface area contributed by atoms with Crippen LogP contribution in [0.5, 0.6) is 0 Å². The molecule has 0 saturated heterocycles. The molecule has 0 fully saturated rings. The molecular weight excluding hydrogens is 264 g/mol. The first-order chi connectivity index (χ1) is 10.1. The predicted molar refractivity (Wildman–Crippen MR) is 85.3 cm³/mol. The lowest BCUT2D eigenvalue weighted by Gasteiger charge is -2.11. The van der Waals surface area contributed by atoms with Crippen molar-refractivity contribution < 1.29 is 4.79 Å². The van der Waals surface area contributed by atoms with E-state index in [4.69, 9.17) is 0 Å². The van der Waals surface area contributed by atoms with Gasteiger partial charge in [-0.25, -0.2) is 4.79 Å². The zero-order valence-electron chi connectivity index (χ0n) is 12.3. The number of amides is 2. The van der Waals surface area contributed by atoms with Crippen molar-refractivity contribution in [3.05, 3.63) is 54.4 Å². The van der Waals surface area contributed by atoms with Crippen LogP contribution in [0.4, 0.5) is 16.2 Å². The summed E-state index contributed by atoms with van der Waals surface area (Å²) in [5, 5.41) is 8.85. The van der Waals surface area contributed by atoms with Gasteiger partial charge in [0.15, 0.2) is 0 Å². The number of carbonyl (C=O) groups is 1. The Kier molecular flexibility index (Phi) is 5.15. The molecular formula is C16H20N4O. The average molecular weight is 284 g/mol. The van der Waals surface area contributed by atoms with E-state index in [9.17, 15) is 4.79 Å². The molecule has 0 radical (unpaired) electrons. The Morgan fingerprint density at radius 2 is 1.81 bits per heavy atom. The highest BCUT2D eigenvalue weighted by atomic mass is 16.2. The van der Waals surface area contributed by atoms with Gasteiger partial charge in [-0.05, 0) is 50.2 Å². The van der Waals surface area contributed by atoms with Crippen LogP contribution in [0.15, 0.2) is 48.7 Å². The van der Waals surface area contributed by atoms with Crippen LogP contribution >= 0.6 is 0 Å². The summed E-state index contributed by atoms with van der Waals surface area (Å²) < 4.78 is 0. The van der Waals surface area contributed by atoms with E-state index in [0.717, 1.165) is 17.1 Å². The molecule has 21 heavy (non-hydrogen) atoms. The van der Waals surface area contributed by atoms with Crippen molar-refractivity contribution in [1.82, 2.24) is 10.3 Å². The van der Waals surface area contributed by atoms with Crippen molar-refractivity contribution in [1.29, 1.82) is 0 Å². The molecule has 0 saturated carbocycles. The predicted octanol–water partition coefficient (Wildman–Crippen LogP) is 3.22. The summed E-state index contributed by atoms with van der Waals surface area (Å²) in [5.41, 5.74) is 2.73. The molecule has 5 nitrogen and oxygen atoms in total. The Morgan fingerprint density at radius 3 is 2.43 bits per heavy atom. The summed E-state index contributed by atoms with van der Waals surface area (Å²) in [6, 6.07) is 13.3. The second-order valence-corrected chi connectivity index (χ2v) is 5.01. The number of rotatable bonds is 5. The molecule has 3 N–H and O–H groups in total. The highest BCUT2D eigenvalue weighted by Crippen LogP contribution is 2.14. The van der Waals surface area contributed by atoms with Crippen molar-refractivity contribution in [3.63, 3.8) is 0 Å². The van der Waals surface area contributed by atoms with E-state index in [2.05, 4.69) is 20.9 Å². The highest BCUT2D eigenvalue weighted by molar-refractivity contribution is 5.89. The van der Waals surface area contributed by atoms with Crippen LogP contribution in [0.25, 0.3) is 0 Å². The molecule has 0 aliphatic carbocycles. The molecule has 5 heteroatoms. The number of hydrogen-bond donors (Lipinski definition) is 3. The number of urea groups is 1. The molecule has 2 rings (SSSR count). The second kappa shape index (κ2) is 7.28. The average Bonchev–Trinajstić information content (AvgIpc) is 2.47. The standard InChI is InChI=1S/C16H20N4O/c1-12(2)19-16(21)20-14-8-6-13(7-9-14)18-11-15-5-3-4-10-17-15/h3-10,12,18H,11H2,1-2H3,(H2,19,20,21). The van der Waals surface area contributed by atoms with Gasteiger partial charge < -0.3 is 16.0 Å². The molecule has 0 bridgehead atoms.